The number of thioether (sulfide) groups is 1. The number of rotatable bonds is 4. The molecule has 0 aliphatic heterocycles. The zero-order valence-electron chi connectivity index (χ0n) is 8.09. The molecule has 78 valence electrons. The minimum absolute atomic E-state index is 0.475. The van der Waals surface area contributed by atoms with Gasteiger partial charge in [-0.3, -0.25) is 0 Å². The first-order valence-corrected chi connectivity index (χ1v) is 5.53. The number of furan rings is 1. The molecule has 0 amide bonds. The van der Waals surface area contributed by atoms with Crippen molar-refractivity contribution in [2.45, 2.75) is 17.5 Å². The number of hydrogen-bond acceptors (Lipinski definition) is 5. The van der Waals surface area contributed by atoms with Gasteiger partial charge in [0.05, 0.1) is 12.0 Å². The molecule has 5 heteroatoms. The van der Waals surface area contributed by atoms with Crippen LogP contribution in [0.4, 0.5) is 0 Å². The maximum absolute atomic E-state index is 5.45. The minimum Gasteiger partial charge on any atom is -0.468 e. The summed E-state index contributed by atoms with van der Waals surface area (Å²) in [5.74, 6) is 1.67. The summed E-state index contributed by atoms with van der Waals surface area (Å²) in [4.78, 5) is 8.36. The van der Waals surface area contributed by atoms with E-state index in [1.54, 1.807) is 30.4 Å². The zero-order chi connectivity index (χ0) is 10.5. The van der Waals surface area contributed by atoms with E-state index in [0.29, 0.717) is 6.54 Å². The maximum atomic E-state index is 5.45. The van der Waals surface area contributed by atoms with Gasteiger partial charge in [-0.15, -0.1) is 0 Å². The third kappa shape index (κ3) is 2.81. The van der Waals surface area contributed by atoms with Gasteiger partial charge in [0.1, 0.15) is 5.76 Å². The van der Waals surface area contributed by atoms with Crippen molar-refractivity contribution in [3.63, 3.8) is 0 Å². The normalized spacial score (nSPS) is 10.5. The molecule has 2 aromatic heterocycles. The zero-order valence-corrected chi connectivity index (χ0v) is 8.91. The van der Waals surface area contributed by atoms with Crippen molar-refractivity contribution < 1.29 is 4.42 Å². The summed E-state index contributed by atoms with van der Waals surface area (Å²) in [7, 11) is 0. The molecule has 0 aliphatic carbocycles. The van der Waals surface area contributed by atoms with Crippen molar-refractivity contribution in [1.82, 2.24) is 9.97 Å². The van der Waals surface area contributed by atoms with Crippen LogP contribution in [0.3, 0.4) is 0 Å². The predicted octanol–water partition coefficient (Wildman–Crippen LogP) is 1.82. The van der Waals surface area contributed by atoms with Crippen LogP contribution in [0.15, 0.2) is 40.4 Å². The fourth-order valence-electron chi connectivity index (χ4n) is 1.05. The molecule has 0 saturated carbocycles. The molecule has 0 spiro atoms. The van der Waals surface area contributed by atoms with Crippen molar-refractivity contribution in [2.75, 3.05) is 0 Å². The van der Waals surface area contributed by atoms with Crippen LogP contribution in [-0.2, 0) is 12.3 Å². The summed E-state index contributed by atoms with van der Waals surface area (Å²) in [5, 5.41) is 0.739. The maximum Gasteiger partial charge on any atom is 0.187 e. The number of nitrogens with zero attached hydrogens (tertiary/aromatic N) is 2. The first-order valence-electron chi connectivity index (χ1n) is 4.54. The lowest BCUT2D eigenvalue weighted by molar-refractivity contribution is 0.530. The quantitative estimate of drug-likeness (QED) is 0.630. The Balaban J connectivity index is 1.93. The Hall–Kier alpha value is -1.33. The fraction of sp³-hybridized carbons (Fsp3) is 0.200. The first-order chi connectivity index (χ1) is 7.38. The van der Waals surface area contributed by atoms with Gasteiger partial charge >= 0.3 is 0 Å². The van der Waals surface area contributed by atoms with Crippen LogP contribution in [0.2, 0.25) is 0 Å². The molecular formula is C10H11N3OS. The largest absolute Gasteiger partial charge is 0.468 e. The molecule has 2 aromatic rings. The highest BCUT2D eigenvalue weighted by Gasteiger charge is 2.00. The number of hydrogen-bond donors (Lipinski definition) is 1. The minimum atomic E-state index is 0.475. The Labute approximate surface area is 91.9 Å². The van der Waals surface area contributed by atoms with Gasteiger partial charge in [0, 0.05) is 24.5 Å². The smallest absolute Gasteiger partial charge is 0.187 e. The fourth-order valence-corrected chi connectivity index (χ4v) is 1.74. The van der Waals surface area contributed by atoms with Crippen LogP contribution in [0, 0.1) is 0 Å². The Morgan fingerprint density at radius 2 is 2.13 bits per heavy atom. The summed E-state index contributed by atoms with van der Waals surface area (Å²) < 4.78 is 5.20. The summed E-state index contributed by atoms with van der Waals surface area (Å²) in [6.45, 7) is 0.475. The van der Waals surface area contributed by atoms with Crippen LogP contribution in [-0.4, -0.2) is 9.97 Å². The van der Waals surface area contributed by atoms with Gasteiger partial charge in [0.2, 0.25) is 0 Å². The topological polar surface area (TPSA) is 64.9 Å². The van der Waals surface area contributed by atoms with Crippen LogP contribution in [0.1, 0.15) is 11.3 Å². The summed E-state index contributed by atoms with van der Waals surface area (Å²) in [6, 6.07) is 3.80. The molecule has 0 fully saturated rings. The lowest BCUT2D eigenvalue weighted by Gasteiger charge is -1.98. The number of nitrogens with two attached hydrogens (primary N) is 1. The van der Waals surface area contributed by atoms with Crippen LogP contribution in [0.5, 0.6) is 0 Å². The second-order valence-electron chi connectivity index (χ2n) is 2.95. The van der Waals surface area contributed by atoms with Gasteiger partial charge in [0.15, 0.2) is 5.16 Å². The molecule has 2 N–H and O–H groups in total. The Kier molecular flexibility index (Phi) is 3.37. The lowest BCUT2D eigenvalue weighted by Crippen LogP contribution is -1.98. The van der Waals surface area contributed by atoms with E-state index in [4.69, 9.17) is 10.2 Å². The van der Waals surface area contributed by atoms with Crippen molar-refractivity contribution in [2.24, 2.45) is 5.73 Å². The Bertz CT molecular complexity index is 399. The molecule has 0 atom stereocenters. The predicted molar refractivity (Wildman–Crippen MR) is 58.2 cm³/mol. The Morgan fingerprint density at radius 1 is 1.33 bits per heavy atom. The van der Waals surface area contributed by atoms with Crippen molar-refractivity contribution in [3.8, 4) is 0 Å². The van der Waals surface area contributed by atoms with E-state index in [2.05, 4.69) is 9.97 Å². The standard InChI is InChI=1S/C10H11N3OS/c11-4-8-5-12-10(13-6-8)15-7-9-2-1-3-14-9/h1-3,5-6H,4,7,11H2. The lowest BCUT2D eigenvalue weighted by atomic mass is 10.4. The monoisotopic (exact) mass is 221 g/mol. The summed E-state index contributed by atoms with van der Waals surface area (Å²) in [6.07, 6.45) is 5.16. The van der Waals surface area contributed by atoms with Crippen molar-refractivity contribution >= 4 is 11.8 Å². The SMILES string of the molecule is NCc1cnc(SCc2ccco2)nc1. The van der Waals surface area contributed by atoms with E-state index in [9.17, 15) is 0 Å². The van der Waals surface area contributed by atoms with Gasteiger partial charge < -0.3 is 10.2 Å². The Morgan fingerprint density at radius 3 is 2.73 bits per heavy atom. The van der Waals surface area contributed by atoms with Crippen molar-refractivity contribution in [1.29, 1.82) is 0 Å². The highest BCUT2D eigenvalue weighted by atomic mass is 32.2. The molecule has 0 unspecified atom stereocenters. The van der Waals surface area contributed by atoms with Crippen LogP contribution in [0.25, 0.3) is 0 Å². The molecule has 0 aromatic carbocycles. The average Bonchev–Trinajstić information content (AvgIpc) is 2.80. The second-order valence-corrected chi connectivity index (χ2v) is 3.89. The highest BCUT2D eigenvalue weighted by molar-refractivity contribution is 7.98. The third-order valence-corrected chi connectivity index (χ3v) is 2.74. The first kappa shape index (κ1) is 10.2. The second kappa shape index (κ2) is 4.95. The average molecular weight is 221 g/mol. The van der Waals surface area contributed by atoms with Crippen LogP contribution >= 0.6 is 11.8 Å². The van der Waals surface area contributed by atoms with E-state index in [1.165, 1.54) is 0 Å². The molecule has 2 rings (SSSR count). The number of aromatic nitrogens is 2. The molecule has 0 aliphatic rings. The van der Waals surface area contributed by atoms with Gasteiger partial charge in [-0.1, -0.05) is 11.8 Å². The van der Waals surface area contributed by atoms with E-state index in [0.717, 1.165) is 22.2 Å². The molecule has 0 bridgehead atoms. The van der Waals surface area contributed by atoms with E-state index >= 15 is 0 Å². The molecule has 0 radical (unpaired) electrons. The van der Waals surface area contributed by atoms with Crippen molar-refractivity contribution in [3.05, 3.63) is 42.1 Å². The van der Waals surface area contributed by atoms with Gasteiger partial charge in [0.25, 0.3) is 0 Å². The van der Waals surface area contributed by atoms with Gasteiger partial charge in [-0.25, -0.2) is 9.97 Å². The molecule has 4 nitrogen and oxygen atoms in total. The summed E-state index contributed by atoms with van der Waals surface area (Å²) in [5.41, 5.74) is 6.39. The molecular weight excluding hydrogens is 210 g/mol. The summed E-state index contributed by atoms with van der Waals surface area (Å²) >= 11 is 1.54. The molecule has 2 heterocycles. The molecule has 15 heavy (non-hydrogen) atoms. The van der Waals surface area contributed by atoms with Gasteiger partial charge in [-0.2, -0.15) is 0 Å². The van der Waals surface area contributed by atoms with E-state index in [-0.39, 0.29) is 0 Å². The van der Waals surface area contributed by atoms with Gasteiger partial charge in [-0.05, 0) is 12.1 Å². The third-order valence-electron chi connectivity index (χ3n) is 1.84. The van der Waals surface area contributed by atoms with E-state index < -0.39 is 0 Å². The van der Waals surface area contributed by atoms with Crippen LogP contribution < -0.4 is 5.73 Å². The molecule has 0 saturated heterocycles. The van der Waals surface area contributed by atoms with E-state index in [1.807, 2.05) is 12.1 Å². The highest BCUT2D eigenvalue weighted by Crippen LogP contribution is 2.18.